The fraction of sp³-hybridized carbons (Fsp3) is 0.125. The van der Waals surface area contributed by atoms with Gasteiger partial charge < -0.3 is 11.1 Å². The summed E-state index contributed by atoms with van der Waals surface area (Å²) in [4.78, 5) is 12.3. The summed E-state index contributed by atoms with van der Waals surface area (Å²) in [6.07, 6.45) is 0. The minimum atomic E-state index is -0.231. The van der Waals surface area contributed by atoms with Gasteiger partial charge in [-0.25, -0.2) is 0 Å². The second-order valence-electron chi connectivity index (χ2n) is 4.66. The van der Waals surface area contributed by atoms with Crippen LogP contribution >= 0.6 is 15.9 Å². The molecule has 0 bridgehead atoms. The van der Waals surface area contributed by atoms with E-state index in [-0.39, 0.29) is 11.9 Å². The molecule has 21 heavy (non-hydrogen) atoms. The Bertz CT molecular complexity index is 704. The van der Waals surface area contributed by atoms with Crippen molar-refractivity contribution in [3.8, 4) is 6.07 Å². The largest absolute Gasteiger partial charge is 0.398 e. The Morgan fingerprint density at radius 2 is 1.95 bits per heavy atom. The molecule has 0 aromatic heterocycles. The predicted molar refractivity (Wildman–Crippen MR) is 85.6 cm³/mol. The maximum Gasteiger partial charge on any atom is 0.253 e. The highest BCUT2D eigenvalue weighted by atomic mass is 79.9. The first kappa shape index (κ1) is 15.1. The summed E-state index contributed by atoms with van der Waals surface area (Å²) in [5.74, 6) is -0.231. The van der Waals surface area contributed by atoms with Gasteiger partial charge in [0.05, 0.1) is 23.2 Å². The Labute approximate surface area is 131 Å². The maximum atomic E-state index is 12.3. The minimum Gasteiger partial charge on any atom is -0.398 e. The molecule has 0 aliphatic heterocycles. The van der Waals surface area contributed by atoms with E-state index in [1.54, 1.807) is 30.3 Å². The Morgan fingerprint density at radius 1 is 1.29 bits per heavy atom. The van der Waals surface area contributed by atoms with Crippen LogP contribution in [0.5, 0.6) is 0 Å². The lowest BCUT2D eigenvalue weighted by molar-refractivity contribution is 0.0940. The van der Waals surface area contributed by atoms with E-state index in [4.69, 9.17) is 11.0 Å². The van der Waals surface area contributed by atoms with E-state index in [0.717, 1.165) is 10.0 Å². The molecule has 2 rings (SSSR count). The number of rotatable bonds is 3. The van der Waals surface area contributed by atoms with E-state index in [1.165, 1.54) is 0 Å². The number of nitrogens with one attached hydrogen (secondary N) is 1. The molecule has 0 saturated carbocycles. The van der Waals surface area contributed by atoms with Crippen molar-refractivity contribution in [3.63, 3.8) is 0 Å². The Kier molecular flexibility index (Phi) is 4.61. The predicted octanol–water partition coefficient (Wildman–Crippen LogP) is 3.39. The van der Waals surface area contributed by atoms with Gasteiger partial charge in [0.1, 0.15) is 0 Å². The van der Waals surface area contributed by atoms with Crippen molar-refractivity contribution in [1.29, 1.82) is 5.26 Å². The summed E-state index contributed by atoms with van der Waals surface area (Å²) in [6, 6.07) is 14.2. The summed E-state index contributed by atoms with van der Waals surface area (Å²) >= 11 is 3.33. The fourth-order valence-electron chi connectivity index (χ4n) is 1.93. The van der Waals surface area contributed by atoms with Crippen LogP contribution < -0.4 is 11.1 Å². The van der Waals surface area contributed by atoms with Gasteiger partial charge >= 0.3 is 0 Å². The van der Waals surface area contributed by atoms with E-state index in [0.29, 0.717) is 16.8 Å². The number of carbonyl (C=O) groups is 1. The molecule has 3 N–H and O–H groups in total. The van der Waals surface area contributed by atoms with Crippen LogP contribution in [-0.4, -0.2) is 5.91 Å². The third-order valence-corrected chi connectivity index (χ3v) is 3.64. The molecule has 0 aliphatic rings. The topological polar surface area (TPSA) is 78.9 Å². The van der Waals surface area contributed by atoms with Gasteiger partial charge in [-0.15, -0.1) is 0 Å². The quantitative estimate of drug-likeness (QED) is 0.838. The van der Waals surface area contributed by atoms with Gasteiger partial charge in [-0.05, 0) is 42.8 Å². The number of hydrogen-bond acceptors (Lipinski definition) is 3. The van der Waals surface area contributed by atoms with Gasteiger partial charge in [-0.1, -0.05) is 28.1 Å². The highest BCUT2D eigenvalue weighted by molar-refractivity contribution is 9.10. The van der Waals surface area contributed by atoms with Crippen LogP contribution in [0.25, 0.3) is 0 Å². The first-order chi connectivity index (χ1) is 10.0. The molecule has 1 unspecified atom stereocenters. The average Bonchev–Trinajstić information content (AvgIpc) is 2.49. The van der Waals surface area contributed by atoms with Gasteiger partial charge in [0, 0.05) is 10.2 Å². The van der Waals surface area contributed by atoms with Crippen molar-refractivity contribution in [2.45, 2.75) is 13.0 Å². The third-order valence-electron chi connectivity index (χ3n) is 3.15. The average molecular weight is 344 g/mol. The first-order valence-corrected chi connectivity index (χ1v) is 7.16. The van der Waals surface area contributed by atoms with Crippen LogP contribution in [0, 0.1) is 11.3 Å². The van der Waals surface area contributed by atoms with Crippen molar-refractivity contribution in [2.24, 2.45) is 0 Å². The number of amides is 1. The molecular formula is C16H14BrN3O. The van der Waals surface area contributed by atoms with E-state index in [2.05, 4.69) is 27.3 Å². The summed E-state index contributed by atoms with van der Waals surface area (Å²) in [5, 5.41) is 11.7. The molecule has 1 amide bonds. The zero-order valence-corrected chi connectivity index (χ0v) is 13.0. The van der Waals surface area contributed by atoms with Crippen molar-refractivity contribution < 1.29 is 4.79 Å². The van der Waals surface area contributed by atoms with Crippen molar-refractivity contribution in [2.75, 3.05) is 5.73 Å². The summed E-state index contributed by atoms with van der Waals surface area (Å²) in [6.45, 7) is 1.88. The van der Waals surface area contributed by atoms with Crippen LogP contribution in [0.4, 0.5) is 5.69 Å². The molecule has 106 valence electrons. The number of nitrogens with two attached hydrogens (primary N) is 1. The molecular weight excluding hydrogens is 330 g/mol. The molecule has 5 heteroatoms. The van der Waals surface area contributed by atoms with E-state index in [1.807, 2.05) is 19.1 Å². The van der Waals surface area contributed by atoms with E-state index < -0.39 is 0 Å². The van der Waals surface area contributed by atoms with Crippen LogP contribution in [0.2, 0.25) is 0 Å². The summed E-state index contributed by atoms with van der Waals surface area (Å²) < 4.78 is 0.799. The van der Waals surface area contributed by atoms with Gasteiger partial charge in [-0.3, -0.25) is 4.79 Å². The third kappa shape index (κ3) is 3.61. The molecule has 0 aliphatic carbocycles. The summed E-state index contributed by atoms with van der Waals surface area (Å²) in [5.41, 5.74) is 8.21. The SMILES string of the molecule is CC(NC(=O)c1cc(Br)ccc1N)c1ccc(C#N)cc1. The Morgan fingerprint density at radius 3 is 2.57 bits per heavy atom. The Balaban J connectivity index is 2.14. The zero-order chi connectivity index (χ0) is 15.4. The number of nitriles is 1. The van der Waals surface area contributed by atoms with Crippen molar-refractivity contribution in [3.05, 3.63) is 63.6 Å². The molecule has 2 aromatic carbocycles. The highest BCUT2D eigenvalue weighted by Gasteiger charge is 2.14. The molecule has 0 spiro atoms. The van der Waals surface area contributed by atoms with Crippen molar-refractivity contribution >= 4 is 27.5 Å². The minimum absolute atomic E-state index is 0.177. The standard InChI is InChI=1S/C16H14BrN3O/c1-10(12-4-2-11(9-18)3-5-12)20-16(21)14-8-13(17)6-7-15(14)19/h2-8,10H,19H2,1H3,(H,20,21). The molecule has 0 saturated heterocycles. The first-order valence-electron chi connectivity index (χ1n) is 6.37. The zero-order valence-electron chi connectivity index (χ0n) is 11.4. The Hall–Kier alpha value is -2.32. The molecule has 4 nitrogen and oxygen atoms in total. The monoisotopic (exact) mass is 343 g/mol. The number of benzene rings is 2. The molecule has 0 fully saturated rings. The highest BCUT2D eigenvalue weighted by Crippen LogP contribution is 2.20. The van der Waals surface area contributed by atoms with Crippen LogP contribution in [0.15, 0.2) is 46.9 Å². The second kappa shape index (κ2) is 6.42. The van der Waals surface area contributed by atoms with Crippen LogP contribution in [0.3, 0.4) is 0 Å². The van der Waals surface area contributed by atoms with Crippen molar-refractivity contribution in [1.82, 2.24) is 5.32 Å². The number of hydrogen-bond donors (Lipinski definition) is 2. The lowest BCUT2D eigenvalue weighted by Gasteiger charge is -2.15. The number of halogens is 1. The van der Waals surface area contributed by atoms with Gasteiger partial charge in [0.25, 0.3) is 5.91 Å². The van der Waals surface area contributed by atoms with Gasteiger partial charge in [0.15, 0.2) is 0 Å². The van der Waals surface area contributed by atoms with E-state index >= 15 is 0 Å². The number of nitrogen functional groups attached to an aromatic ring is 1. The fourth-order valence-corrected chi connectivity index (χ4v) is 2.29. The van der Waals surface area contributed by atoms with E-state index in [9.17, 15) is 4.79 Å². The summed E-state index contributed by atoms with van der Waals surface area (Å²) in [7, 11) is 0. The normalized spacial score (nSPS) is 11.5. The second-order valence-corrected chi connectivity index (χ2v) is 5.58. The van der Waals surface area contributed by atoms with Crippen LogP contribution in [0.1, 0.15) is 34.5 Å². The van der Waals surface area contributed by atoms with Crippen LogP contribution in [-0.2, 0) is 0 Å². The molecule has 0 heterocycles. The lowest BCUT2D eigenvalue weighted by atomic mass is 10.1. The molecule has 0 radical (unpaired) electrons. The van der Waals surface area contributed by atoms with Gasteiger partial charge in [0.2, 0.25) is 0 Å². The molecule has 2 aromatic rings. The maximum absolute atomic E-state index is 12.3. The molecule has 1 atom stereocenters. The number of anilines is 1. The smallest absolute Gasteiger partial charge is 0.253 e. The van der Waals surface area contributed by atoms with Gasteiger partial charge in [-0.2, -0.15) is 5.26 Å². The lowest BCUT2D eigenvalue weighted by Crippen LogP contribution is -2.27. The number of nitrogens with zero attached hydrogens (tertiary/aromatic N) is 1. The number of carbonyl (C=O) groups excluding carboxylic acids is 1.